The SMILES string of the molecule is CCOP(=O)(OCC)/C(=C\c1ccccc1)[S@@](=O)c1ccc(C)cc1. The molecule has 0 saturated heterocycles. The molecule has 0 amide bonds. The van der Waals surface area contributed by atoms with Gasteiger partial charge < -0.3 is 9.05 Å². The van der Waals surface area contributed by atoms with Crippen LogP contribution in [-0.4, -0.2) is 17.4 Å². The average Bonchev–Trinajstić information content (AvgIpc) is 2.61. The Bertz CT molecular complexity index is 775. The van der Waals surface area contributed by atoms with Crippen molar-refractivity contribution in [2.24, 2.45) is 0 Å². The molecule has 0 N–H and O–H groups in total. The molecule has 0 spiro atoms. The summed E-state index contributed by atoms with van der Waals surface area (Å²) in [4.78, 5) is 0.562. The van der Waals surface area contributed by atoms with Gasteiger partial charge in [-0.05, 0) is 44.5 Å². The molecule has 0 heterocycles. The van der Waals surface area contributed by atoms with E-state index >= 15 is 0 Å². The second-order valence-electron chi connectivity index (χ2n) is 5.31. The minimum Gasteiger partial charge on any atom is -0.305 e. The molecule has 2 aromatic rings. The van der Waals surface area contributed by atoms with Gasteiger partial charge in [-0.2, -0.15) is 0 Å². The molecule has 0 bridgehead atoms. The van der Waals surface area contributed by atoms with Crippen molar-refractivity contribution in [1.82, 2.24) is 0 Å². The van der Waals surface area contributed by atoms with Gasteiger partial charge in [-0.3, -0.25) is 4.57 Å². The summed E-state index contributed by atoms with van der Waals surface area (Å²) in [6, 6.07) is 16.6. The summed E-state index contributed by atoms with van der Waals surface area (Å²) < 4.78 is 37.5. The molecule has 0 aliphatic carbocycles. The Morgan fingerprint density at radius 3 is 2.08 bits per heavy atom. The van der Waals surface area contributed by atoms with Crippen LogP contribution in [-0.2, 0) is 24.4 Å². The quantitative estimate of drug-likeness (QED) is 0.580. The highest BCUT2D eigenvalue weighted by Crippen LogP contribution is 2.58. The summed E-state index contributed by atoms with van der Waals surface area (Å²) >= 11 is 0. The molecule has 1 atom stereocenters. The highest BCUT2D eigenvalue weighted by atomic mass is 32.2. The molecule has 134 valence electrons. The van der Waals surface area contributed by atoms with Gasteiger partial charge >= 0.3 is 7.60 Å². The zero-order valence-electron chi connectivity index (χ0n) is 14.7. The Kier molecular flexibility index (Phi) is 7.33. The van der Waals surface area contributed by atoms with Gasteiger partial charge in [-0.1, -0.05) is 48.0 Å². The number of hydrogen-bond donors (Lipinski definition) is 0. The first-order valence-corrected chi connectivity index (χ1v) is 10.8. The lowest BCUT2D eigenvalue weighted by Gasteiger charge is -2.20. The summed E-state index contributed by atoms with van der Waals surface area (Å²) in [5.41, 5.74) is 1.85. The van der Waals surface area contributed by atoms with E-state index in [0.29, 0.717) is 4.90 Å². The van der Waals surface area contributed by atoms with Crippen molar-refractivity contribution >= 4 is 24.5 Å². The van der Waals surface area contributed by atoms with E-state index in [2.05, 4.69) is 0 Å². The number of hydrogen-bond acceptors (Lipinski definition) is 4. The standard InChI is InChI=1S/C19H23O4PS/c1-4-22-24(20,23-5-2)19(15-17-9-7-6-8-10-17)25(21)18-13-11-16(3)12-14-18/h6-15H,4-5H2,1-3H3/b19-15+/t25-/m0/s1. The monoisotopic (exact) mass is 378 g/mol. The molecule has 0 unspecified atom stereocenters. The fourth-order valence-electron chi connectivity index (χ4n) is 2.21. The van der Waals surface area contributed by atoms with Gasteiger partial charge in [0.15, 0.2) is 0 Å². The van der Waals surface area contributed by atoms with Crippen molar-refractivity contribution in [2.45, 2.75) is 25.7 Å². The Balaban J connectivity index is 2.55. The van der Waals surface area contributed by atoms with Crippen LogP contribution in [0.4, 0.5) is 0 Å². The molecule has 2 rings (SSSR count). The van der Waals surface area contributed by atoms with Crippen LogP contribution in [0.5, 0.6) is 0 Å². The lowest BCUT2D eigenvalue weighted by molar-refractivity contribution is 0.228. The zero-order chi connectivity index (χ0) is 18.3. The molecule has 0 aliphatic heterocycles. The van der Waals surface area contributed by atoms with Crippen molar-refractivity contribution in [3.63, 3.8) is 0 Å². The Morgan fingerprint density at radius 1 is 1.00 bits per heavy atom. The second kappa shape index (κ2) is 9.25. The molecular formula is C19H23O4PS. The van der Waals surface area contributed by atoms with E-state index in [4.69, 9.17) is 9.05 Å². The number of rotatable bonds is 8. The summed E-state index contributed by atoms with van der Waals surface area (Å²) in [6.45, 7) is 5.84. The summed E-state index contributed by atoms with van der Waals surface area (Å²) in [5, 5.41) is 0. The molecule has 25 heavy (non-hydrogen) atoms. The predicted molar refractivity (Wildman–Crippen MR) is 103 cm³/mol. The van der Waals surface area contributed by atoms with Gasteiger partial charge in [-0.25, -0.2) is 4.21 Å². The molecule has 0 fully saturated rings. The van der Waals surface area contributed by atoms with E-state index in [9.17, 15) is 8.77 Å². The molecule has 0 saturated carbocycles. The summed E-state index contributed by atoms with van der Waals surface area (Å²) in [6.07, 6.45) is 1.64. The van der Waals surface area contributed by atoms with Crippen LogP contribution in [0.2, 0.25) is 0 Å². The van der Waals surface area contributed by atoms with Gasteiger partial charge in [0.1, 0.15) is 4.65 Å². The highest BCUT2D eigenvalue weighted by molar-refractivity contribution is 7.98. The van der Waals surface area contributed by atoms with Gasteiger partial charge in [-0.15, -0.1) is 0 Å². The fourth-order valence-corrected chi connectivity index (χ4v) is 5.84. The maximum Gasteiger partial charge on any atom is 0.370 e. The topological polar surface area (TPSA) is 52.6 Å². The molecule has 6 heteroatoms. The fraction of sp³-hybridized carbons (Fsp3) is 0.263. The molecule has 2 aromatic carbocycles. The molecule has 0 aromatic heterocycles. The average molecular weight is 378 g/mol. The Morgan fingerprint density at radius 2 is 1.56 bits per heavy atom. The van der Waals surface area contributed by atoms with Crippen LogP contribution in [0.3, 0.4) is 0 Å². The second-order valence-corrected chi connectivity index (χ2v) is 9.05. The van der Waals surface area contributed by atoms with Gasteiger partial charge in [0, 0.05) is 4.90 Å². The van der Waals surface area contributed by atoms with Crippen LogP contribution in [0.1, 0.15) is 25.0 Å². The van der Waals surface area contributed by atoms with Gasteiger partial charge in [0.05, 0.1) is 24.0 Å². The molecule has 0 aliphatic rings. The van der Waals surface area contributed by atoms with Crippen LogP contribution < -0.4 is 0 Å². The van der Waals surface area contributed by atoms with Crippen LogP contribution in [0, 0.1) is 6.92 Å². The molecule has 0 radical (unpaired) electrons. The van der Waals surface area contributed by atoms with Crippen LogP contribution in [0.15, 0.2) is 64.1 Å². The van der Waals surface area contributed by atoms with Crippen LogP contribution >= 0.6 is 7.60 Å². The van der Waals surface area contributed by atoms with Crippen molar-refractivity contribution in [3.8, 4) is 0 Å². The van der Waals surface area contributed by atoms with Crippen molar-refractivity contribution < 1.29 is 17.8 Å². The third-order valence-electron chi connectivity index (χ3n) is 3.38. The van der Waals surface area contributed by atoms with Crippen molar-refractivity contribution in [3.05, 3.63) is 70.4 Å². The highest BCUT2D eigenvalue weighted by Gasteiger charge is 2.34. The smallest absolute Gasteiger partial charge is 0.305 e. The maximum absolute atomic E-state index is 13.3. The summed E-state index contributed by atoms with van der Waals surface area (Å²) in [5.74, 6) is 0. The van der Waals surface area contributed by atoms with Gasteiger partial charge in [0.2, 0.25) is 0 Å². The van der Waals surface area contributed by atoms with E-state index in [-0.39, 0.29) is 17.9 Å². The van der Waals surface area contributed by atoms with Crippen molar-refractivity contribution in [1.29, 1.82) is 0 Å². The van der Waals surface area contributed by atoms with Gasteiger partial charge in [0.25, 0.3) is 0 Å². The normalized spacial score (nSPS) is 13.6. The molecular weight excluding hydrogens is 355 g/mol. The molecule has 4 nitrogen and oxygen atoms in total. The first kappa shape index (κ1) is 19.8. The van der Waals surface area contributed by atoms with E-state index in [1.54, 1.807) is 32.1 Å². The van der Waals surface area contributed by atoms with Crippen molar-refractivity contribution in [2.75, 3.05) is 13.2 Å². The third kappa shape index (κ3) is 5.23. The lowest BCUT2D eigenvalue weighted by atomic mass is 10.2. The maximum atomic E-state index is 13.3. The number of aryl methyl sites for hydroxylation is 1. The Labute approximate surface area is 151 Å². The van der Waals surface area contributed by atoms with E-state index in [1.165, 1.54) is 0 Å². The first-order chi connectivity index (χ1) is 12.0. The summed E-state index contributed by atoms with van der Waals surface area (Å²) in [7, 11) is -5.32. The zero-order valence-corrected chi connectivity index (χ0v) is 16.4. The first-order valence-electron chi connectivity index (χ1n) is 8.15. The van der Waals surface area contributed by atoms with Crippen LogP contribution in [0.25, 0.3) is 6.08 Å². The predicted octanol–water partition coefficient (Wildman–Crippen LogP) is 5.37. The van der Waals surface area contributed by atoms with E-state index in [1.807, 2.05) is 49.4 Å². The Hall–Kier alpha value is -1.52. The third-order valence-corrected chi connectivity index (χ3v) is 7.61. The van der Waals surface area contributed by atoms with E-state index < -0.39 is 18.4 Å². The lowest BCUT2D eigenvalue weighted by Crippen LogP contribution is -2.04. The minimum absolute atomic E-state index is 0.159. The largest absolute Gasteiger partial charge is 0.370 e. The minimum atomic E-state index is -3.67. The number of benzene rings is 2. The van der Waals surface area contributed by atoms with E-state index in [0.717, 1.165) is 11.1 Å².